The van der Waals surface area contributed by atoms with Gasteiger partial charge in [-0.15, -0.1) is 0 Å². The van der Waals surface area contributed by atoms with Gasteiger partial charge in [-0.05, 0) is 164 Å². The minimum Gasteiger partial charge on any atom is -0.481 e. The van der Waals surface area contributed by atoms with Crippen molar-refractivity contribution in [3.8, 4) is 11.3 Å². The number of likely N-dealkylation sites (N-methyl/N-ethyl adjacent to an activating group) is 2. The number of fused-ring (bicyclic) bond motifs is 2. The number of benzene rings is 1. The zero-order valence-electron chi connectivity index (χ0n) is 81.7. The van der Waals surface area contributed by atoms with Crippen LogP contribution in [0.15, 0.2) is 108 Å². The zero-order chi connectivity index (χ0) is 97.8. The number of aliphatic hydroxyl groups is 2. The maximum atomic E-state index is 14.1. The Kier molecular flexibility index (Phi) is 43.8. The van der Waals surface area contributed by atoms with Crippen LogP contribution in [0.5, 0.6) is 0 Å². The van der Waals surface area contributed by atoms with Gasteiger partial charge in [-0.3, -0.25) is 33.8 Å². The van der Waals surface area contributed by atoms with Gasteiger partial charge in [-0.1, -0.05) is 120 Å². The van der Waals surface area contributed by atoms with E-state index in [0.29, 0.717) is 56.5 Å². The molecule has 10 rings (SSSR count). The number of hydrazine groups is 2. The number of nitrogens with one attached hydrogen (secondary N) is 1. The van der Waals surface area contributed by atoms with Gasteiger partial charge in [0.2, 0.25) is 0 Å². The number of oxime groups is 2. The maximum absolute atomic E-state index is 14.1. The van der Waals surface area contributed by atoms with Crippen molar-refractivity contribution in [1.29, 1.82) is 0 Å². The van der Waals surface area contributed by atoms with Crippen molar-refractivity contribution < 1.29 is 120 Å². The SMILES string of the molecule is C/C=C/C=O.C1=CC(c2ccccc2)=CC1.CC(=O)O.CC[C@H]1OC(=O)[C@H](C)[C@@H](O)[C@H](C)[C@@H](OC2O[C@H](C)C[C@H](N(C)C)[C@H]2OC(C)=O)[C@@](C)(OC)C[C@@H](C)/C(=N\OC)[C@H](C)[C@@H]2[C@@H]1OC(=O)N2N.CC[C@H]1OC(=O)[C@H](C)[C@@H](O)[C@H](C)[C@@H](OC2O[C@H](C)C[C@H](N(C)C)[C@H]2OC(C)=O)[C@@](C)(OC)C[C@@H](C)/C(=N\OC)[C@H](C)[C@@H]2[C@@H]1OC(=O)N2NCCC(C)n1cnc(-c2cccnc2)c1. The van der Waals surface area contributed by atoms with Gasteiger partial charge in [0, 0.05) is 107 Å². The number of carbonyl (C=O) groups excluding carboxylic acids is 7. The summed E-state index contributed by atoms with van der Waals surface area (Å²) in [5.41, 5.74) is 6.58. The molecule has 6 saturated heterocycles. The smallest absolute Gasteiger partial charge is 0.425 e. The molecule has 3 aromatic rings. The van der Waals surface area contributed by atoms with E-state index in [2.05, 4.69) is 75.1 Å². The third-order valence-corrected chi connectivity index (χ3v) is 25.7. The highest BCUT2D eigenvalue weighted by molar-refractivity contribution is 5.91. The van der Waals surface area contributed by atoms with E-state index in [1.807, 2.05) is 136 Å². The lowest BCUT2D eigenvalue weighted by Gasteiger charge is -2.48. The number of aromatic nitrogens is 3. The summed E-state index contributed by atoms with van der Waals surface area (Å²) in [5, 5.41) is 42.8. The topological polar surface area (TPSA) is 433 Å². The quantitative estimate of drug-likeness (QED) is 0.0119. The molecule has 1 aliphatic carbocycles. The lowest BCUT2D eigenvalue weighted by atomic mass is 9.74. The first-order valence-corrected chi connectivity index (χ1v) is 45.4. The summed E-state index contributed by atoms with van der Waals surface area (Å²) in [7, 11) is 13.6. The van der Waals surface area contributed by atoms with E-state index < -0.39 is 174 Å². The number of nitrogens with two attached hydrogens (primary N) is 1. The standard InChI is InChI=1S/C45H71N7O11.C33H58N4O11.C11H10.C4H6O.C2H4O2/c1-14-35-40-37(52(44(56)62-40)48-19-17-26(3)51-23-33(47-24-51)32-16-15-18-46-22-32)28(5)36(49-58-13)25(2)21-45(9,57-12)41(29(6)38(54)30(7)42(55)61-35)63-43-39(60-31(8)53)34(50(10)11)20-27(4)59-43;1-13-23-28-25(37(34)32(41)47-28)18(4)24(35-43-12)16(2)15-33(8,42-11)29(19(5)26(39)20(6)30(40)46-23)48-31-27(45-21(7)38)22(36(9)10)14-17(3)44-31;1-2-6-10(7-3-1)11-8-4-5-9-11;1-2-3-4-5;1-2(3)4/h15-16,18,22-30,34-35,37-41,43,48,54H,14,17,19-21H2,1-13H3;16-20,22-23,25-29,31,39H,13-15,34H2,1-12H3;1-4,6-9H,5H2;2-4H,1H3;1H3,(H,3,4)/b49-36+;35-24+;;3-2+;/t25-,26?,27-,28+,29+,30-,34+,35-,37-,38+,39-,40-,41-,43?,45+;16-,17-,18+,19+,20-,22+,23-,25-,26+,27-,28-,29-,31?,33+;;;/m11.../s1. The number of rotatable bonds is 22. The highest BCUT2D eigenvalue weighted by atomic mass is 16.7. The second-order valence-corrected chi connectivity index (χ2v) is 36.0. The van der Waals surface area contributed by atoms with Crippen molar-refractivity contribution in [3.05, 3.63) is 103 Å². The Morgan fingerprint density at radius 1 is 0.672 bits per heavy atom. The molecule has 1 aromatic carbocycles. The number of hydrogen-bond acceptors (Lipinski definition) is 32. The number of nitrogens with zero attached hydrogens (tertiary/aromatic N) is 9. The van der Waals surface area contributed by atoms with Crippen LogP contribution in [0.1, 0.15) is 195 Å². The van der Waals surface area contributed by atoms with Gasteiger partial charge in [-0.25, -0.2) is 35.9 Å². The molecule has 0 bridgehead atoms. The number of ether oxygens (including phenoxy) is 12. The molecule has 734 valence electrons. The first kappa shape index (κ1) is 111. The van der Waals surface area contributed by atoms with E-state index in [9.17, 15) is 43.8 Å². The van der Waals surface area contributed by atoms with Gasteiger partial charge in [0.1, 0.15) is 44.8 Å². The second kappa shape index (κ2) is 51.9. The van der Waals surface area contributed by atoms with E-state index in [1.54, 1.807) is 73.6 Å². The van der Waals surface area contributed by atoms with Crippen LogP contribution in [0.25, 0.3) is 16.8 Å². The van der Waals surface area contributed by atoms with Gasteiger partial charge >= 0.3 is 36.1 Å². The first-order valence-electron chi connectivity index (χ1n) is 45.4. The van der Waals surface area contributed by atoms with Crippen LogP contribution >= 0.6 is 0 Å². The molecule has 6 N–H and O–H groups in total. The van der Waals surface area contributed by atoms with Gasteiger partial charge in [0.05, 0.1) is 95.2 Å². The van der Waals surface area contributed by atoms with E-state index in [-0.39, 0.29) is 48.6 Å². The number of esters is 4. The number of allylic oxidation sites excluding steroid dienone is 6. The van der Waals surface area contributed by atoms with Gasteiger partial charge < -0.3 is 96.2 Å². The van der Waals surface area contributed by atoms with Crippen LogP contribution in [0, 0.1) is 47.3 Å². The van der Waals surface area contributed by atoms with E-state index in [0.717, 1.165) is 35.9 Å². The van der Waals surface area contributed by atoms with Crippen molar-refractivity contribution in [2.24, 2.45) is 63.5 Å². The monoisotopic (exact) mass is 1840 g/mol. The van der Waals surface area contributed by atoms with Crippen molar-refractivity contribution in [1.82, 2.24) is 39.8 Å². The minimum absolute atomic E-state index is 0.0127. The second-order valence-electron chi connectivity index (χ2n) is 36.0. The molecule has 0 spiro atoms. The lowest BCUT2D eigenvalue weighted by Crippen LogP contribution is -2.60. The maximum Gasteiger partial charge on any atom is 0.425 e. The van der Waals surface area contributed by atoms with Crippen LogP contribution in [-0.2, 0) is 95.3 Å². The van der Waals surface area contributed by atoms with Crippen LogP contribution in [-0.4, -0.2) is 294 Å². The third kappa shape index (κ3) is 29.4. The van der Waals surface area contributed by atoms with Crippen molar-refractivity contribution in [3.63, 3.8) is 0 Å². The molecule has 0 saturated carbocycles. The number of carbonyl (C=O) groups is 8. The fourth-order valence-electron chi connectivity index (χ4n) is 18.5. The number of aliphatic hydroxyl groups excluding tert-OH is 2. The average Bonchev–Trinajstić information content (AvgIpc) is 1.73. The molecule has 0 radical (unpaired) electrons. The number of cyclic esters (lactones) is 2. The van der Waals surface area contributed by atoms with Gasteiger partial charge in [0.25, 0.3) is 5.97 Å². The Morgan fingerprint density at radius 2 is 1.13 bits per heavy atom. The molecular weight excluding hydrogens is 1700 g/mol. The fourth-order valence-corrected chi connectivity index (χ4v) is 18.5. The molecule has 6 aliphatic heterocycles. The first-order chi connectivity index (χ1) is 61.9. The van der Waals surface area contributed by atoms with Gasteiger partial charge in [-0.2, -0.15) is 0 Å². The number of pyridine rings is 1. The summed E-state index contributed by atoms with van der Waals surface area (Å²) >= 11 is 0. The average molecular weight is 1850 g/mol. The van der Waals surface area contributed by atoms with Crippen LogP contribution in [0.2, 0.25) is 0 Å². The normalized spacial score (nSPS) is 34.5. The number of carboxylic acids is 1. The largest absolute Gasteiger partial charge is 0.481 e. The number of carboxylic acid groups (broad SMARTS) is 1. The number of amides is 2. The van der Waals surface area contributed by atoms with Crippen molar-refractivity contribution in [2.75, 3.05) is 63.2 Å². The Hall–Kier alpha value is -9.18. The molecule has 6 fully saturated rings. The number of hydrogen-bond donors (Lipinski definition) is 5. The summed E-state index contributed by atoms with van der Waals surface area (Å²) in [6.07, 6.45) is 8.33. The molecule has 8 heterocycles. The molecule has 29 atom stereocenters. The lowest BCUT2D eigenvalue weighted by molar-refractivity contribution is -0.303. The van der Waals surface area contributed by atoms with Gasteiger partial charge in [0.15, 0.2) is 37.0 Å². The molecule has 3 unspecified atom stereocenters. The minimum atomic E-state index is -1.30. The number of aldehydes is 1. The summed E-state index contributed by atoms with van der Waals surface area (Å²) in [6.45, 7) is 33.8. The van der Waals surface area contributed by atoms with Crippen LogP contribution < -0.4 is 11.3 Å². The van der Waals surface area contributed by atoms with Crippen LogP contribution in [0.3, 0.4) is 0 Å². The molecule has 36 heteroatoms. The molecule has 2 aromatic heterocycles. The molecular formula is C95H149N11O25. The highest BCUT2D eigenvalue weighted by Crippen LogP contribution is 2.44. The number of methoxy groups -OCH3 is 2. The predicted molar refractivity (Wildman–Crippen MR) is 489 cm³/mol. The van der Waals surface area contributed by atoms with Crippen molar-refractivity contribution in [2.45, 2.75) is 310 Å². The Bertz CT molecular complexity index is 4270. The summed E-state index contributed by atoms with van der Waals surface area (Å²) in [5.74, 6) is -2.18. The number of aliphatic carboxylic acids is 1. The Balaban J connectivity index is 0.000000339. The summed E-state index contributed by atoms with van der Waals surface area (Å²) in [4.78, 5) is 121. The zero-order valence-corrected chi connectivity index (χ0v) is 81.7. The summed E-state index contributed by atoms with van der Waals surface area (Å²) < 4.78 is 76.7. The molecule has 2 amide bonds. The molecule has 7 aliphatic rings. The predicted octanol–water partition coefficient (Wildman–Crippen LogP) is 11.4. The third-order valence-electron chi connectivity index (χ3n) is 25.7. The van der Waals surface area contributed by atoms with E-state index in [4.69, 9.17) is 82.3 Å². The highest BCUT2D eigenvalue weighted by Gasteiger charge is 2.58. The number of imidazole rings is 1. The molecule has 131 heavy (non-hydrogen) atoms. The fraction of sp³-hybridized carbons (Fsp3) is 0.684. The Labute approximate surface area is 773 Å². The van der Waals surface area contributed by atoms with E-state index in [1.165, 1.54) is 50.3 Å². The summed E-state index contributed by atoms with van der Waals surface area (Å²) in [6, 6.07) is 12.4. The van der Waals surface area contributed by atoms with Crippen molar-refractivity contribution >= 4 is 65.3 Å². The Morgan fingerprint density at radius 3 is 1.53 bits per heavy atom. The van der Waals surface area contributed by atoms with E-state index >= 15 is 0 Å². The molecule has 36 nitrogen and oxygen atoms in total. The van der Waals surface area contributed by atoms with Crippen LogP contribution in [0.4, 0.5) is 9.59 Å².